The second kappa shape index (κ2) is 7.71. The molecule has 90 valence electrons. The van der Waals surface area contributed by atoms with Crippen LogP contribution in [-0.4, -0.2) is 38.0 Å². The van der Waals surface area contributed by atoms with Gasteiger partial charge in [0.1, 0.15) is 0 Å². The van der Waals surface area contributed by atoms with Gasteiger partial charge in [-0.2, -0.15) is 0 Å². The minimum atomic E-state index is 0.948. The van der Waals surface area contributed by atoms with Crippen LogP contribution >= 0.6 is 11.8 Å². The summed E-state index contributed by atoms with van der Waals surface area (Å²) < 4.78 is 0. The summed E-state index contributed by atoms with van der Waals surface area (Å²) in [6.45, 7) is 4.23. The van der Waals surface area contributed by atoms with Crippen LogP contribution in [0.2, 0.25) is 0 Å². The van der Waals surface area contributed by atoms with Crippen LogP contribution in [0.1, 0.15) is 12.5 Å². The highest BCUT2D eigenvalue weighted by molar-refractivity contribution is 7.99. The van der Waals surface area contributed by atoms with Gasteiger partial charge in [0.15, 0.2) is 0 Å². The van der Waals surface area contributed by atoms with Gasteiger partial charge in [-0.3, -0.25) is 4.90 Å². The van der Waals surface area contributed by atoms with Crippen molar-refractivity contribution in [3.05, 3.63) is 29.8 Å². The van der Waals surface area contributed by atoms with Gasteiger partial charge in [-0.1, -0.05) is 19.1 Å². The monoisotopic (exact) mass is 238 g/mol. The van der Waals surface area contributed by atoms with E-state index in [-0.39, 0.29) is 0 Å². The molecule has 0 aliphatic rings. The van der Waals surface area contributed by atoms with E-state index in [1.807, 2.05) is 18.8 Å². The SMILES string of the molecule is CCSc1ccc(CCN(C)CNC)cc1. The Morgan fingerprint density at radius 1 is 1.25 bits per heavy atom. The third-order valence-electron chi connectivity index (χ3n) is 2.44. The Morgan fingerprint density at radius 2 is 1.94 bits per heavy atom. The number of likely N-dealkylation sites (N-methyl/N-ethyl adjacent to an activating group) is 1. The smallest absolute Gasteiger partial charge is 0.0475 e. The molecule has 0 aliphatic carbocycles. The number of nitrogens with one attached hydrogen (secondary N) is 1. The highest BCUT2D eigenvalue weighted by Gasteiger charge is 1.98. The molecule has 3 heteroatoms. The molecule has 1 N–H and O–H groups in total. The fraction of sp³-hybridized carbons (Fsp3) is 0.538. The van der Waals surface area contributed by atoms with Crippen LogP contribution in [0.4, 0.5) is 0 Å². The molecule has 0 bridgehead atoms. The third kappa shape index (κ3) is 5.01. The normalized spacial score (nSPS) is 11.0. The first-order chi connectivity index (χ1) is 7.76. The Morgan fingerprint density at radius 3 is 2.50 bits per heavy atom. The molecule has 0 radical (unpaired) electrons. The van der Waals surface area contributed by atoms with E-state index in [4.69, 9.17) is 0 Å². The first-order valence-electron chi connectivity index (χ1n) is 5.81. The zero-order chi connectivity index (χ0) is 11.8. The number of hydrogen-bond acceptors (Lipinski definition) is 3. The molecule has 0 aliphatic heterocycles. The Balaban J connectivity index is 2.37. The molecule has 0 unspecified atom stereocenters. The van der Waals surface area contributed by atoms with Gasteiger partial charge in [0.2, 0.25) is 0 Å². The minimum Gasteiger partial charge on any atom is -0.307 e. The maximum absolute atomic E-state index is 3.15. The second-order valence-electron chi connectivity index (χ2n) is 3.92. The van der Waals surface area contributed by atoms with Gasteiger partial charge < -0.3 is 5.32 Å². The Bertz CT molecular complexity index is 284. The fourth-order valence-corrected chi connectivity index (χ4v) is 2.25. The van der Waals surface area contributed by atoms with E-state index in [2.05, 4.69) is 48.5 Å². The predicted molar refractivity (Wildman–Crippen MR) is 73.1 cm³/mol. The first kappa shape index (κ1) is 13.6. The van der Waals surface area contributed by atoms with Crippen molar-refractivity contribution >= 4 is 11.8 Å². The average molecular weight is 238 g/mol. The molecule has 1 aromatic rings. The summed E-state index contributed by atoms with van der Waals surface area (Å²) >= 11 is 1.90. The minimum absolute atomic E-state index is 0.948. The van der Waals surface area contributed by atoms with Crippen LogP contribution in [0.15, 0.2) is 29.2 Å². The highest BCUT2D eigenvalue weighted by Crippen LogP contribution is 2.17. The van der Waals surface area contributed by atoms with Crippen LogP contribution in [0.3, 0.4) is 0 Å². The molecule has 0 spiro atoms. The van der Waals surface area contributed by atoms with E-state index in [9.17, 15) is 0 Å². The van der Waals surface area contributed by atoms with E-state index >= 15 is 0 Å². The molecule has 0 atom stereocenters. The maximum Gasteiger partial charge on any atom is 0.0475 e. The zero-order valence-corrected chi connectivity index (χ0v) is 11.3. The lowest BCUT2D eigenvalue weighted by Gasteiger charge is -2.15. The van der Waals surface area contributed by atoms with E-state index in [1.54, 1.807) is 0 Å². The van der Waals surface area contributed by atoms with Crippen LogP contribution in [-0.2, 0) is 6.42 Å². The van der Waals surface area contributed by atoms with Crippen molar-refractivity contribution < 1.29 is 0 Å². The van der Waals surface area contributed by atoms with Crippen molar-refractivity contribution in [3.8, 4) is 0 Å². The Kier molecular flexibility index (Phi) is 6.53. The summed E-state index contributed by atoms with van der Waals surface area (Å²) in [5, 5.41) is 3.15. The molecule has 0 saturated heterocycles. The molecule has 16 heavy (non-hydrogen) atoms. The van der Waals surface area contributed by atoms with Crippen molar-refractivity contribution in [1.29, 1.82) is 0 Å². The van der Waals surface area contributed by atoms with E-state index < -0.39 is 0 Å². The summed E-state index contributed by atoms with van der Waals surface area (Å²) in [6, 6.07) is 8.93. The number of nitrogens with zero attached hydrogens (tertiary/aromatic N) is 1. The summed E-state index contributed by atoms with van der Waals surface area (Å²) in [4.78, 5) is 3.66. The quantitative estimate of drug-likeness (QED) is 0.580. The molecule has 1 rings (SSSR count). The van der Waals surface area contributed by atoms with Crippen molar-refractivity contribution in [1.82, 2.24) is 10.2 Å². The number of rotatable bonds is 7. The van der Waals surface area contributed by atoms with Crippen molar-refractivity contribution in [2.75, 3.05) is 33.1 Å². The first-order valence-corrected chi connectivity index (χ1v) is 6.79. The molecule has 0 heterocycles. The predicted octanol–water partition coefficient (Wildman–Crippen LogP) is 2.45. The Hall–Kier alpha value is -0.510. The van der Waals surface area contributed by atoms with Gasteiger partial charge in [-0.05, 0) is 44.0 Å². The summed E-state index contributed by atoms with van der Waals surface area (Å²) in [7, 11) is 4.12. The largest absolute Gasteiger partial charge is 0.307 e. The van der Waals surface area contributed by atoms with E-state index in [1.165, 1.54) is 10.5 Å². The molecule has 0 aromatic heterocycles. The molecular formula is C13H22N2S. The zero-order valence-electron chi connectivity index (χ0n) is 10.5. The number of benzene rings is 1. The van der Waals surface area contributed by atoms with Crippen LogP contribution in [0.5, 0.6) is 0 Å². The lowest BCUT2D eigenvalue weighted by atomic mass is 10.1. The van der Waals surface area contributed by atoms with Crippen LogP contribution in [0.25, 0.3) is 0 Å². The lowest BCUT2D eigenvalue weighted by molar-refractivity contribution is 0.321. The lowest BCUT2D eigenvalue weighted by Crippen LogP contribution is -2.30. The van der Waals surface area contributed by atoms with Crippen molar-refractivity contribution in [2.45, 2.75) is 18.2 Å². The summed E-state index contributed by atoms with van der Waals surface area (Å²) in [6.07, 6.45) is 1.12. The van der Waals surface area contributed by atoms with Crippen molar-refractivity contribution in [2.24, 2.45) is 0 Å². The fourth-order valence-electron chi connectivity index (χ4n) is 1.59. The molecule has 1 aromatic carbocycles. The van der Waals surface area contributed by atoms with Crippen molar-refractivity contribution in [3.63, 3.8) is 0 Å². The molecule has 2 nitrogen and oxygen atoms in total. The average Bonchev–Trinajstić information content (AvgIpc) is 2.29. The molecular weight excluding hydrogens is 216 g/mol. The number of thioether (sulfide) groups is 1. The summed E-state index contributed by atoms with van der Waals surface area (Å²) in [5.41, 5.74) is 1.42. The maximum atomic E-state index is 3.15. The van der Waals surface area contributed by atoms with Crippen LogP contribution in [0, 0.1) is 0 Å². The van der Waals surface area contributed by atoms with Gasteiger partial charge in [-0.25, -0.2) is 0 Å². The van der Waals surface area contributed by atoms with E-state index in [0.717, 1.165) is 25.4 Å². The number of hydrogen-bond donors (Lipinski definition) is 1. The van der Waals surface area contributed by atoms with Crippen LogP contribution < -0.4 is 5.32 Å². The molecule has 0 saturated carbocycles. The van der Waals surface area contributed by atoms with Gasteiger partial charge in [0.05, 0.1) is 0 Å². The summed E-state index contributed by atoms with van der Waals surface area (Å²) in [5.74, 6) is 1.14. The second-order valence-corrected chi connectivity index (χ2v) is 5.26. The van der Waals surface area contributed by atoms with Gasteiger partial charge in [0, 0.05) is 18.1 Å². The van der Waals surface area contributed by atoms with Gasteiger partial charge in [0.25, 0.3) is 0 Å². The molecule has 0 fully saturated rings. The highest BCUT2D eigenvalue weighted by atomic mass is 32.2. The van der Waals surface area contributed by atoms with Gasteiger partial charge >= 0.3 is 0 Å². The standard InChI is InChI=1S/C13H22N2S/c1-4-16-13-7-5-12(6-8-13)9-10-15(3)11-14-2/h5-8,14H,4,9-11H2,1-3H3. The third-order valence-corrected chi connectivity index (χ3v) is 3.34. The molecule has 0 amide bonds. The Labute approximate surface area is 103 Å². The topological polar surface area (TPSA) is 15.3 Å². The van der Waals surface area contributed by atoms with Gasteiger partial charge in [-0.15, -0.1) is 11.8 Å². The van der Waals surface area contributed by atoms with E-state index in [0.29, 0.717) is 0 Å².